The summed E-state index contributed by atoms with van der Waals surface area (Å²) in [6.45, 7) is 6.82. The first kappa shape index (κ1) is 9.19. The summed E-state index contributed by atoms with van der Waals surface area (Å²) < 4.78 is 0. The molecule has 0 aliphatic carbocycles. The van der Waals surface area contributed by atoms with Gasteiger partial charge in [-0.25, -0.2) is 0 Å². The highest BCUT2D eigenvalue weighted by molar-refractivity contribution is 7.10. The van der Waals surface area contributed by atoms with Crippen molar-refractivity contribution in [3.05, 3.63) is 22.4 Å². The smallest absolute Gasteiger partial charge is 0.0566 e. The van der Waals surface area contributed by atoms with Gasteiger partial charge in [0.15, 0.2) is 0 Å². The number of nitrogens with one attached hydrogen (secondary N) is 1. The fourth-order valence-corrected chi connectivity index (χ4v) is 2.75. The second-order valence-electron chi connectivity index (χ2n) is 3.36. The van der Waals surface area contributed by atoms with Crippen LogP contribution in [0.2, 0.25) is 0 Å². The molecule has 1 aliphatic rings. The van der Waals surface area contributed by atoms with E-state index >= 15 is 0 Å². The molecular weight excluding hydrogens is 180 g/mol. The molecule has 0 bridgehead atoms. The zero-order chi connectivity index (χ0) is 9.10. The van der Waals surface area contributed by atoms with E-state index in [2.05, 4.69) is 34.7 Å². The van der Waals surface area contributed by atoms with Gasteiger partial charge in [0.1, 0.15) is 0 Å². The van der Waals surface area contributed by atoms with Crippen LogP contribution in [0.3, 0.4) is 0 Å². The Bertz CT molecular complexity index is 245. The maximum Gasteiger partial charge on any atom is 0.0566 e. The largest absolute Gasteiger partial charge is 0.314 e. The molecule has 1 fully saturated rings. The third kappa shape index (κ3) is 1.93. The molecule has 1 atom stereocenters. The molecule has 2 nitrogen and oxygen atoms in total. The molecule has 0 aromatic carbocycles. The molecule has 72 valence electrons. The van der Waals surface area contributed by atoms with Crippen LogP contribution in [0, 0.1) is 0 Å². The third-order valence-corrected chi connectivity index (χ3v) is 3.61. The first-order valence-corrected chi connectivity index (χ1v) is 5.78. The molecular formula is C10H16N2S. The van der Waals surface area contributed by atoms with Crippen LogP contribution in [0.5, 0.6) is 0 Å². The van der Waals surface area contributed by atoms with E-state index in [1.165, 1.54) is 11.4 Å². The molecule has 1 aromatic heterocycles. The van der Waals surface area contributed by atoms with Gasteiger partial charge in [-0.3, -0.25) is 4.90 Å². The highest BCUT2D eigenvalue weighted by Gasteiger charge is 2.22. The Morgan fingerprint density at radius 1 is 1.69 bits per heavy atom. The SMILES string of the molecule is CCN1CCNCC1c1cccs1. The van der Waals surface area contributed by atoms with Crippen LogP contribution in [-0.2, 0) is 0 Å². The van der Waals surface area contributed by atoms with Gasteiger partial charge in [0, 0.05) is 24.5 Å². The summed E-state index contributed by atoms with van der Waals surface area (Å²) in [5.41, 5.74) is 0. The molecule has 0 spiro atoms. The van der Waals surface area contributed by atoms with Crippen LogP contribution in [0.15, 0.2) is 17.5 Å². The first-order chi connectivity index (χ1) is 6.42. The van der Waals surface area contributed by atoms with Crippen molar-refractivity contribution in [3.8, 4) is 0 Å². The van der Waals surface area contributed by atoms with E-state index in [1.807, 2.05) is 11.3 Å². The lowest BCUT2D eigenvalue weighted by Gasteiger charge is -2.34. The standard InChI is InChI=1S/C10H16N2S/c1-2-12-6-5-11-8-9(12)10-4-3-7-13-10/h3-4,7,9,11H,2,5-6,8H2,1H3. The molecule has 0 radical (unpaired) electrons. The fraction of sp³-hybridized carbons (Fsp3) is 0.600. The molecule has 1 N–H and O–H groups in total. The number of hydrogen-bond acceptors (Lipinski definition) is 3. The minimum absolute atomic E-state index is 0.610. The minimum Gasteiger partial charge on any atom is -0.314 e. The van der Waals surface area contributed by atoms with Gasteiger partial charge < -0.3 is 5.32 Å². The van der Waals surface area contributed by atoms with E-state index in [9.17, 15) is 0 Å². The van der Waals surface area contributed by atoms with Crippen molar-refractivity contribution in [2.24, 2.45) is 0 Å². The number of piperazine rings is 1. The van der Waals surface area contributed by atoms with Crippen LogP contribution >= 0.6 is 11.3 Å². The Hall–Kier alpha value is -0.380. The molecule has 13 heavy (non-hydrogen) atoms. The summed E-state index contributed by atoms with van der Waals surface area (Å²) in [6, 6.07) is 4.99. The van der Waals surface area contributed by atoms with E-state index < -0.39 is 0 Å². The summed E-state index contributed by atoms with van der Waals surface area (Å²) in [4.78, 5) is 4.04. The molecule has 1 saturated heterocycles. The zero-order valence-corrected chi connectivity index (χ0v) is 8.81. The number of thiophene rings is 1. The average Bonchev–Trinajstić information content (AvgIpc) is 2.70. The lowest BCUT2D eigenvalue weighted by atomic mass is 10.1. The average molecular weight is 196 g/mol. The van der Waals surface area contributed by atoms with Gasteiger partial charge >= 0.3 is 0 Å². The molecule has 2 heterocycles. The molecule has 0 amide bonds. The Labute approximate surface area is 83.6 Å². The van der Waals surface area contributed by atoms with Crippen LogP contribution in [0.4, 0.5) is 0 Å². The Morgan fingerprint density at radius 3 is 3.31 bits per heavy atom. The maximum absolute atomic E-state index is 3.45. The van der Waals surface area contributed by atoms with Gasteiger partial charge in [0.25, 0.3) is 0 Å². The van der Waals surface area contributed by atoms with E-state index in [0.717, 1.165) is 19.6 Å². The van der Waals surface area contributed by atoms with Gasteiger partial charge in [-0.15, -0.1) is 11.3 Å². The zero-order valence-electron chi connectivity index (χ0n) is 7.99. The number of likely N-dealkylation sites (N-methyl/N-ethyl adjacent to an activating group) is 1. The van der Waals surface area contributed by atoms with Crippen LogP contribution in [-0.4, -0.2) is 31.1 Å². The van der Waals surface area contributed by atoms with Gasteiger partial charge in [-0.2, -0.15) is 0 Å². The molecule has 2 rings (SSSR count). The molecule has 1 aliphatic heterocycles. The van der Waals surface area contributed by atoms with Crippen molar-refractivity contribution in [3.63, 3.8) is 0 Å². The van der Waals surface area contributed by atoms with E-state index in [1.54, 1.807) is 0 Å². The topological polar surface area (TPSA) is 15.3 Å². The van der Waals surface area contributed by atoms with E-state index in [4.69, 9.17) is 0 Å². The van der Waals surface area contributed by atoms with Gasteiger partial charge in [0.2, 0.25) is 0 Å². The third-order valence-electron chi connectivity index (χ3n) is 2.63. The normalized spacial score (nSPS) is 24.8. The second kappa shape index (κ2) is 4.22. The predicted molar refractivity (Wildman–Crippen MR) is 57.2 cm³/mol. The summed E-state index contributed by atoms with van der Waals surface area (Å²) in [7, 11) is 0. The fourth-order valence-electron chi connectivity index (χ4n) is 1.89. The Morgan fingerprint density at radius 2 is 2.62 bits per heavy atom. The minimum atomic E-state index is 0.610. The quantitative estimate of drug-likeness (QED) is 0.774. The van der Waals surface area contributed by atoms with Crippen molar-refractivity contribution in [1.82, 2.24) is 10.2 Å². The van der Waals surface area contributed by atoms with Gasteiger partial charge in [-0.1, -0.05) is 13.0 Å². The van der Waals surface area contributed by atoms with Gasteiger partial charge in [0.05, 0.1) is 6.04 Å². The van der Waals surface area contributed by atoms with Crippen molar-refractivity contribution < 1.29 is 0 Å². The van der Waals surface area contributed by atoms with Gasteiger partial charge in [-0.05, 0) is 18.0 Å². The summed E-state index contributed by atoms with van der Waals surface area (Å²) in [5.74, 6) is 0. The first-order valence-electron chi connectivity index (χ1n) is 4.90. The summed E-state index contributed by atoms with van der Waals surface area (Å²) >= 11 is 1.87. The number of nitrogens with zero attached hydrogens (tertiary/aromatic N) is 1. The van der Waals surface area contributed by atoms with E-state index in [0.29, 0.717) is 6.04 Å². The number of hydrogen-bond donors (Lipinski definition) is 1. The van der Waals surface area contributed by atoms with Crippen LogP contribution < -0.4 is 5.32 Å². The van der Waals surface area contributed by atoms with Crippen molar-refractivity contribution in [1.29, 1.82) is 0 Å². The van der Waals surface area contributed by atoms with Crippen LogP contribution in [0.25, 0.3) is 0 Å². The highest BCUT2D eigenvalue weighted by atomic mass is 32.1. The lowest BCUT2D eigenvalue weighted by molar-refractivity contribution is 0.173. The molecule has 1 unspecified atom stereocenters. The Balaban J connectivity index is 2.11. The number of rotatable bonds is 2. The van der Waals surface area contributed by atoms with E-state index in [-0.39, 0.29) is 0 Å². The Kier molecular flexibility index (Phi) is 2.98. The van der Waals surface area contributed by atoms with Crippen molar-refractivity contribution in [2.75, 3.05) is 26.2 Å². The molecule has 3 heteroatoms. The van der Waals surface area contributed by atoms with Crippen molar-refractivity contribution in [2.45, 2.75) is 13.0 Å². The molecule has 1 aromatic rings. The van der Waals surface area contributed by atoms with Crippen molar-refractivity contribution >= 4 is 11.3 Å². The van der Waals surface area contributed by atoms with Crippen LogP contribution in [0.1, 0.15) is 17.8 Å². The lowest BCUT2D eigenvalue weighted by Crippen LogP contribution is -2.45. The predicted octanol–water partition coefficient (Wildman–Crippen LogP) is 1.71. The second-order valence-corrected chi connectivity index (χ2v) is 4.34. The molecule has 0 saturated carbocycles. The summed E-state index contributed by atoms with van der Waals surface area (Å²) in [6.07, 6.45) is 0. The monoisotopic (exact) mass is 196 g/mol. The highest BCUT2D eigenvalue weighted by Crippen LogP contribution is 2.25. The maximum atomic E-state index is 3.45. The summed E-state index contributed by atoms with van der Waals surface area (Å²) in [5, 5.41) is 5.62.